The molecule has 1 aliphatic heterocycles. The lowest BCUT2D eigenvalue weighted by Crippen LogP contribution is -2.39. The van der Waals surface area contributed by atoms with E-state index in [-0.39, 0.29) is 4.75 Å². The fourth-order valence-electron chi connectivity index (χ4n) is 2.22. The van der Waals surface area contributed by atoms with Gasteiger partial charge in [0.15, 0.2) is 0 Å². The molecular weight excluding hydrogens is 280 g/mol. The van der Waals surface area contributed by atoms with Crippen LogP contribution in [0.1, 0.15) is 18.4 Å². The van der Waals surface area contributed by atoms with Crippen LogP contribution in [0.25, 0.3) is 0 Å². The minimum absolute atomic E-state index is 0.199. The van der Waals surface area contributed by atoms with Crippen molar-refractivity contribution < 1.29 is 4.74 Å². The van der Waals surface area contributed by atoms with Gasteiger partial charge in [-0.15, -0.1) is 0 Å². The van der Waals surface area contributed by atoms with E-state index in [1.807, 2.05) is 17.8 Å². The summed E-state index contributed by atoms with van der Waals surface area (Å²) in [5, 5.41) is 13.1. The van der Waals surface area contributed by atoms with E-state index in [2.05, 4.69) is 17.6 Å². The summed E-state index contributed by atoms with van der Waals surface area (Å²) in [6, 6.07) is 7.55. The van der Waals surface area contributed by atoms with Crippen LogP contribution in [0.5, 0.6) is 0 Å². The number of hydrogen-bond donors (Lipinski definition) is 1. The maximum Gasteiger partial charge on any atom is 0.101 e. The zero-order valence-electron chi connectivity index (χ0n) is 10.9. The number of nitrogens with zero attached hydrogens (tertiary/aromatic N) is 1. The van der Waals surface area contributed by atoms with Crippen molar-refractivity contribution in [3.63, 3.8) is 0 Å². The third-order valence-electron chi connectivity index (χ3n) is 3.54. The molecule has 102 valence electrons. The van der Waals surface area contributed by atoms with E-state index < -0.39 is 0 Å². The van der Waals surface area contributed by atoms with Crippen LogP contribution in [0, 0.1) is 11.3 Å². The number of halogens is 1. The summed E-state index contributed by atoms with van der Waals surface area (Å²) in [6.07, 6.45) is 4.22. The van der Waals surface area contributed by atoms with Gasteiger partial charge >= 0.3 is 0 Å². The van der Waals surface area contributed by atoms with Gasteiger partial charge in [0.25, 0.3) is 0 Å². The third kappa shape index (κ3) is 3.56. The molecule has 1 aliphatic rings. The zero-order valence-corrected chi connectivity index (χ0v) is 12.5. The van der Waals surface area contributed by atoms with Crippen LogP contribution in [-0.4, -0.2) is 30.8 Å². The Morgan fingerprint density at radius 2 is 2.21 bits per heavy atom. The topological polar surface area (TPSA) is 45.0 Å². The summed E-state index contributed by atoms with van der Waals surface area (Å²) < 4.78 is 5.63. The molecule has 1 aromatic carbocycles. The molecule has 0 radical (unpaired) electrons. The Bertz CT molecular complexity index is 481. The molecule has 2 rings (SSSR count). The van der Waals surface area contributed by atoms with E-state index in [0.29, 0.717) is 10.6 Å². The second kappa shape index (κ2) is 6.51. The first-order chi connectivity index (χ1) is 9.19. The first-order valence-electron chi connectivity index (χ1n) is 6.25. The zero-order chi connectivity index (χ0) is 13.7. The van der Waals surface area contributed by atoms with E-state index in [0.717, 1.165) is 38.3 Å². The molecule has 3 nitrogen and oxygen atoms in total. The highest BCUT2D eigenvalue weighted by molar-refractivity contribution is 8.00. The fourth-order valence-corrected chi connectivity index (χ4v) is 3.18. The standard InChI is InChI=1S/C14H17ClN2OS/c1-19-14(4-6-18-7-5-14)10-17-13-3-2-12(15)8-11(13)9-16/h2-3,8,17H,4-7,10H2,1H3. The molecule has 19 heavy (non-hydrogen) atoms. The fraction of sp³-hybridized carbons (Fsp3) is 0.500. The largest absolute Gasteiger partial charge is 0.383 e. The summed E-state index contributed by atoms with van der Waals surface area (Å²) in [5.74, 6) is 0. The van der Waals surface area contributed by atoms with E-state index >= 15 is 0 Å². The predicted octanol–water partition coefficient (Wildman–Crippen LogP) is 3.54. The van der Waals surface area contributed by atoms with Crippen molar-refractivity contribution in [1.82, 2.24) is 0 Å². The Morgan fingerprint density at radius 1 is 1.47 bits per heavy atom. The van der Waals surface area contributed by atoms with Gasteiger partial charge in [0.1, 0.15) is 6.07 Å². The monoisotopic (exact) mass is 296 g/mol. The van der Waals surface area contributed by atoms with Gasteiger partial charge in [-0.3, -0.25) is 0 Å². The van der Waals surface area contributed by atoms with Gasteiger partial charge in [0, 0.05) is 29.5 Å². The van der Waals surface area contributed by atoms with Gasteiger partial charge in [-0.2, -0.15) is 17.0 Å². The summed E-state index contributed by atoms with van der Waals surface area (Å²) in [7, 11) is 0. The van der Waals surface area contributed by atoms with E-state index in [4.69, 9.17) is 21.6 Å². The molecule has 0 aliphatic carbocycles. The maximum absolute atomic E-state index is 9.13. The Balaban J connectivity index is 2.07. The van der Waals surface area contributed by atoms with Crippen LogP contribution < -0.4 is 5.32 Å². The average Bonchev–Trinajstić information content (AvgIpc) is 2.47. The van der Waals surface area contributed by atoms with Gasteiger partial charge in [-0.05, 0) is 37.3 Å². The maximum atomic E-state index is 9.13. The summed E-state index contributed by atoms with van der Waals surface area (Å²) >= 11 is 7.78. The van der Waals surface area contributed by atoms with Crippen LogP contribution in [-0.2, 0) is 4.74 Å². The molecule has 0 aromatic heterocycles. The van der Waals surface area contributed by atoms with Crippen molar-refractivity contribution in [3.05, 3.63) is 28.8 Å². The van der Waals surface area contributed by atoms with Gasteiger partial charge < -0.3 is 10.1 Å². The molecule has 1 N–H and O–H groups in total. The molecule has 1 fully saturated rings. The summed E-state index contributed by atoms with van der Waals surface area (Å²) in [5.41, 5.74) is 1.45. The first-order valence-corrected chi connectivity index (χ1v) is 7.86. The Labute approximate surface area is 123 Å². The number of hydrogen-bond acceptors (Lipinski definition) is 4. The smallest absolute Gasteiger partial charge is 0.101 e. The second-order valence-corrected chi connectivity index (χ2v) is 6.37. The number of nitrogens with one attached hydrogen (secondary N) is 1. The van der Waals surface area contributed by atoms with Crippen molar-refractivity contribution in [1.29, 1.82) is 5.26 Å². The van der Waals surface area contributed by atoms with Crippen LogP contribution in [0.15, 0.2) is 18.2 Å². The molecule has 0 spiro atoms. The lowest BCUT2D eigenvalue weighted by molar-refractivity contribution is 0.0802. The molecule has 0 amide bonds. The molecule has 1 saturated heterocycles. The van der Waals surface area contributed by atoms with Gasteiger partial charge in [0.05, 0.1) is 11.3 Å². The SMILES string of the molecule is CSC1(CNc2ccc(Cl)cc2C#N)CCOCC1. The molecule has 1 heterocycles. The highest BCUT2D eigenvalue weighted by Gasteiger charge is 2.31. The van der Waals surface area contributed by atoms with Crippen molar-refractivity contribution in [2.75, 3.05) is 31.3 Å². The molecular formula is C14H17ClN2OS. The van der Waals surface area contributed by atoms with E-state index in [1.54, 1.807) is 12.1 Å². The van der Waals surface area contributed by atoms with Gasteiger partial charge in [0.2, 0.25) is 0 Å². The van der Waals surface area contributed by atoms with Gasteiger partial charge in [-0.1, -0.05) is 11.6 Å². The Kier molecular flexibility index (Phi) is 4.98. The Hall–Kier alpha value is -0.890. The predicted molar refractivity (Wildman–Crippen MR) is 81.0 cm³/mol. The number of rotatable bonds is 4. The van der Waals surface area contributed by atoms with Crippen LogP contribution in [0.2, 0.25) is 5.02 Å². The minimum Gasteiger partial charge on any atom is -0.383 e. The number of thioether (sulfide) groups is 1. The lowest BCUT2D eigenvalue weighted by atomic mass is 9.98. The first kappa shape index (κ1) is 14.5. The number of ether oxygens (including phenoxy) is 1. The average molecular weight is 297 g/mol. The van der Waals surface area contributed by atoms with Gasteiger partial charge in [-0.25, -0.2) is 0 Å². The second-order valence-electron chi connectivity index (χ2n) is 4.65. The van der Waals surface area contributed by atoms with E-state index in [9.17, 15) is 0 Å². The molecule has 0 bridgehead atoms. The molecule has 5 heteroatoms. The summed E-state index contributed by atoms with van der Waals surface area (Å²) in [6.45, 7) is 2.47. The molecule has 0 saturated carbocycles. The highest BCUT2D eigenvalue weighted by atomic mass is 35.5. The highest BCUT2D eigenvalue weighted by Crippen LogP contribution is 2.34. The van der Waals surface area contributed by atoms with Crippen molar-refractivity contribution in [2.45, 2.75) is 17.6 Å². The number of anilines is 1. The molecule has 0 unspecified atom stereocenters. The molecule has 1 aromatic rings. The van der Waals surface area contributed by atoms with Crippen molar-refractivity contribution >= 4 is 29.1 Å². The van der Waals surface area contributed by atoms with Crippen molar-refractivity contribution in [2.24, 2.45) is 0 Å². The Morgan fingerprint density at radius 3 is 2.84 bits per heavy atom. The van der Waals surface area contributed by atoms with Crippen LogP contribution in [0.3, 0.4) is 0 Å². The van der Waals surface area contributed by atoms with Crippen molar-refractivity contribution in [3.8, 4) is 6.07 Å². The number of benzene rings is 1. The molecule has 0 atom stereocenters. The van der Waals surface area contributed by atoms with Crippen LogP contribution in [0.4, 0.5) is 5.69 Å². The van der Waals surface area contributed by atoms with Crippen LogP contribution >= 0.6 is 23.4 Å². The third-order valence-corrected chi connectivity index (χ3v) is 5.19. The minimum atomic E-state index is 0.199. The summed E-state index contributed by atoms with van der Waals surface area (Å²) in [4.78, 5) is 0. The normalized spacial score (nSPS) is 17.7. The number of nitriles is 1. The van der Waals surface area contributed by atoms with E-state index in [1.165, 1.54) is 0 Å². The quantitative estimate of drug-likeness (QED) is 0.923. The lowest BCUT2D eigenvalue weighted by Gasteiger charge is -2.36.